The number of halogens is 1. The van der Waals surface area contributed by atoms with Crippen LogP contribution < -0.4 is 4.90 Å². The molecule has 1 N–H and O–H groups in total. The highest BCUT2D eigenvalue weighted by Gasteiger charge is 2.45. The van der Waals surface area contributed by atoms with Crippen LogP contribution in [0.15, 0.2) is 36.0 Å². The summed E-state index contributed by atoms with van der Waals surface area (Å²) in [7, 11) is 3.74. The maximum absolute atomic E-state index is 13.5. The second-order valence-corrected chi connectivity index (χ2v) is 13.0. The van der Waals surface area contributed by atoms with E-state index in [-0.39, 0.29) is 23.9 Å². The Hall–Kier alpha value is -4.06. The lowest BCUT2D eigenvalue weighted by Gasteiger charge is -2.41. The molecule has 0 spiro atoms. The van der Waals surface area contributed by atoms with Crippen molar-refractivity contribution in [2.24, 2.45) is 0 Å². The molecule has 6 heterocycles. The number of benzene rings is 1. The van der Waals surface area contributed by atoms with Gasteiger partial charge in [-0.3, -0.25) is 0 Å². The van der Waals surface area contributed by atoms with E-state index >= 15 is 0 Å². The van der Waals surface area contributed by atoms with Crippen molar-refractivity contribution in [2.75, 3.05) is 38.6 Å². The van der Waals surface area contributed by atoms with E-state index in [2.05, 4.69) is 17.0 Å². The van der Waals surface area contributed by atoms with Gasteiger partial charge in [0.2, 0.25) is 4.96 Å². The summed E-state index contributed by atoms with van der Waals surface area (Å²) < 4.78 is 15.4. The molecule has 0 radical (unpaired) electrons. The van der Waals surface area contributed by atoms with Crippen LogP contribution in [0.25, 0.3) is 16.2 Å². The minimum Gasteiger partial charge on any atom is -0.389 e. The van der Waals surface area contributed by atoms with Gasteiger partial charge in [-0.2, -0.15) is 14.9 Å². The van der Waals surface area contributed by atoms with Gasteiger partial charge in [0.1, 0.15) is 33.6 Å². The van der Waals surface area contributed by atoms with Crippen LogP contribution in [0.2, 0.25) is 0 Å². The van der Waals surface area contributed by atoms with E-state index in [0.29, 0.717) is 40.8 Å². The number of β-amino-alcohol motifs (C(OH)–C–C–N with tert-alkyl or cyclic N) is 1. The number of anilines is 2. The van der Waals surface area contributed by atoms with Gasteiger partial charge in [0, 0.05) is 38.3 Å². The number of aliphatic hydroxyl groups excluding tert-OH is 1. The number of nitrogens with zero attached hydrogens (tertiary/aromatic N) is 9. The molecule has 1 aromatic carbocycles. The van der Waals surface area contributed by atoms with Gasteiger partial charge >= 0.3 is 6.03 Å². The Morgan fingerprint density at radius 1 is 1.21 bits per heavy atom. The summed E-state index contributed by atoms with van der Waals surface area (Å²) in [5, 5.41) is 26.2. The van der Waals surface area contributed by atoms with Crippen LogP contribution in [-0.2, 0) is 6.42 Å². The number of urea groups is 1. The van der Waals surface area contributed by atoms with Crippen molar-refractivity contribution >= 4 is 44.6 Å². The van der Waals surface area contributed by atoms with Gasteiger partial charge in [-0.15, -0.1) is 0 Å². The van der Waals surface area contributed by atoms with Crippen LogP contribution in [0.1, 0.15) is 41.3 Å². The quantitative estimate of drug-likeness (QED) is 0.338. The molecule has 14 heteroatoms. The normalized spacial score (nSPS) is 19.9. The second kappa shape index (κ2) is 10.6. The minimum absolute atomic E-state index is 0.0368. The highest BCUT2D eigenvalue weighted by Crippen LogP contribution is 2.46. The second-order valence-electron chi connectivity index (χ2n) is 11.1. The number of imidazole rings is 1. The van der Waals surface area contributed by atoms with Crippen LogP contribution in [-0.4, -0.2) is 91.4 Å². The molecule has 2 amide bonds. The Bertz CT molecular complexity index is 1780. The van der Waals surface area contributed by atoms with E-state index in [1.165, 1.54) is 29.2 Å². The molecule has 11 nitrogen and oxygen atoms in total. The van der Waals surface area contributed by atoms with Crippen molar-refractivity contribution in [1.82, 2.24) is 34.3 Å². The molecule has 0 aliphatic carbocycles. The molecule has 0 saturated carbocycles. The van der Waals surface area contributed by atoms with E-state index < -0.39 is 6.10 Å². The van der Waals surface area contributed by atoms with Gasteiger partial charge < -0.3 is 24.7 Å². The fourth-order valence-electron chi connectivity index (χ4n) is 6.21. The van der Waals surface area contributed by atoms with Crippen LogP contribution in [0, 0.1) is 17.1 Å². The fourth-order valence-corrected chi connectivity index (χ4v) is 8.09. The van der Waals surface area contributed by atoms with E-state index in [4.69, 9.17) is 15.1 Å². The van der Waals surface area contributed by atoms with Crippen molar-refractivity contribution in [1.29, 1.82) is 5.26 Å². The number of aromatic nitrogens is 4. The average Bonchev–Trinajstić information content (AvgIpc) is 3.80. The molecule has 4 aromatic rings. The Morgan fingerprint density at radius 2 is 1.98 bits per heavy atom. The maximum atomic E-state index is 13.5. The number of amides is 2. The number of nitriles is 1. The third-order valence-electron chi connectivity index (χ3n) is 8.44. The molecule has 222 valence electrons. The van der Waals surface area contributed by atoms with Crippen molar-refractivity contribution in [3.8, 4) is 17.3 Å². The number of likely N-dealkylation sites (tertiary alicyclic amines) is 1. The Kier molecular flexibility index (Phi) is 6.83. The summed E-state index contributed by atoms with van der Waals surface area (Å²) >= 11 is 2.83. The maximum Gasteiger partial charge on any atom is 0.321 e. The number of carbonyl (C=O) groups is 1. The zero-order valence-corrected chi connectivity index (χ0v) is 25.6. The number of hydrogen-bond acceptors (Lipinski definition) is 10. The first-order valence-electron chi connectivity index (χ1n) is 14.2. The molecule has 2 saturated heterocycles. The van der Waals surface area contributed by atoms with E-state index in [9.17, 15) is 19.6 Å². The molecule has 0 bridgehead atoms. The molecule has 2 fully saturated rings. The summed E-state index contributed by atoms with van der Waals surface area (Å²) in [4.78, 5) is 31.7. The van der Waals surface area contributed by atoms with Crippen LogP contribution in [0.3, 0.4) is 0 Å². The number of fused-ring (bicyclic) bond motifs is 2. The third kappa shape index (κ3) is 4.54. The highest BCUT2D eigenvalue weighted by molar-refractivity contribution is 7.17. The Morgan fingerprint density at radius 3 is 2.67 bits per heavy atom. The van der Waals surface area contributed by atoms with Gasteiger partial charge in [0.05, 0.1) is 30.8 Å². The van der Waals surface area contributed by atoms with Gasteiger partial charge in [-0.1, -0.05) is 35.7 Å². The molecule has 7 rings (SSSR count). The monoisotopic (exact) mass is 619 g/mol. The number of thiazole rings is 1. The number of aliphatic hydroxyl groups is 1. The highest BCUT2D eigenvalue weighted by atomic mass is 32.1. The summed E-state index contributed by atoms with van der Waals surface area (Å²) in [5.41, 5.74) is 3.26. The summed E-state index contributed by atoms with van der Waals surface area (Å²) in [6.07, 6.45) is 4.07. The molecular formula is C29H30FN9O2S2. The van der Waals surface area contributed by atoms with Crippen molar-refractivity contribution < 1.29 is 14.3 Å². The predicted molar refractivity (Wildman–Crippen MR) is 162 cm³/mol. The SMILES string of the molecule is CCc1nc2sc([C@H]3CC(N(C)C(=O)N4CC(O)C4)N4CCC=C34)nn2c1N(C)c1nc(-c2ccc(F)cc2)c(C#N)s1. The van der Waals surface area contributed by atoms with E-state index in [0.717, 1.165) is 40.9 Å². The first-order valence-corrected chi connectivity index (χ1v) is 15.9. The van der Waals surface area contributed by atoms with Crippen molar-refractivity contribution in [3.63, 3.8) is 0 Å². The molecular weight excluding hydrogens is 590 g/mol. The summed E-state index contributed by atoms with van der Waals surface area (Å²) in [6.45, 7) is 3.66. The summed E-state index contributed by atoms with van der Waals surface area (Å²) in [6, 6.07) is 8.16. The number of hydrogen-bond donors (Lipinski definition) is 1. The van der Waals surface area contributed by atoms with Crippen LogP contribution in [0.5, 0.6) is 0 Å². The van der Waals surface area contributed by atoms with Crippen molar-refractivity contribution in [2.45, 2.75) is 44.4 Å². The number of aryl methyl sites for hydroxylation is 1. The minimum atomic E-state index is -0.437. The van der Waals surface area contributed by atoms with Gasteiger partial charge in [0.25, 0.3) is 0 Å². The average molecular weight is 620 g/mol. The number of carbonyl (C=O) groups excluding carboxylic acids is 1. The molecule has 3 aliphatic rings. The fraction of sp³-hybridized carbons (Fsp3) is 0.414. The lowest BCUT2D eigenvalue weighted by molar-refractivity contribution is 0.00713. The number of rotatable bonds is 6. The Balaban J connectivity index is 1.20. The van der Waals surface area contributed by atoms with Gasteiger partial charge in [-0.25, -0.2) is 19.2 Å². The third-order valence-corrected chi connectivity index (χ3v) is 10.5. The van der Waals surface area contributed by atoms with Gasteiger partial charge in [0.15, 0.2) is 10.9 Å². The summed E-state index contributed by atoms with van der Waals surface area (Å²) in [5.74, 6) is 0.483. The lowest BCUT2D eigenvalue weighted by Crippen LogP contribution is -2.59. The molecule has 2 atom stereocenters. The Labute approximate surface area is 255 Å². The molecule has 3 aliphatic heterocycles. The standard InChI is InChI=1S/C29H30FN9O2S2/c1-4-20-26(36(3)27-33-24(22(13-31)42-27)16-7-9-17(30)10-8-16)39-28(32-20)43-25(34-39)19-12-23(38-11-5-6-21(19)38)35(2)29(41)37-14-18(40)15-37/h6-10,18-19,23,40H,4-5,11-12,14-15H2,1-3H3/t19-,23?/m0/s1. The number of allylic oxidation sites excluding steroid dienone is 1. The first-order chi connectivity index (χ1) is 20.8. The van der Waals surface area contributed by atoms with Gasteiger partial charge in [-0.05, 0) is 37.1 Å². The molecule has 43 heavy (non-hydrogen) atoms. The smallest absolute Gasteiger partial charge is 0.321 e. The topological polar surface area (TPSA) is 117 Å². The predicted octanol–water partition coefficient (Wildman–Crippen LogP) is 4.39. The van der Waals surface area contributed by atoms with Crippen LogP contribution in [0.4, 0.5) is 20.1 Å². The largest absolute Gasteiger partial charge is 0.389 e. The van der Waals surface area contributed by atoms with E-state index in [1.54, 1.807) is 33.3 Å². The molecule has 3 aromatic heterocycles. The van der Waals surface area contributed by atoms with E-state index in [1.807, 2.05) is 30.4 Å². The zero-order chi connectivity index (χ0) is 30.0. The van der Waals surface area contributed by atoms with Crippen LogP contribution >= 0.6 is 22.7 Å². The zero-order valence-electron chi connectivity index (χ0n) is 23.9. The van der Waals surface area contributed by atoms with Crippen molar-refractivity contribution in [3.05, 3.63) is 57.4 Å². The first kappa shape index (κ1) is 27.8. The molecule has 1 unspecified atom stereocenters. The lowest BCUT2D eigenvalue weighted by atomic mass is 10.1.